The Morgan fingerprint density at radius 1 is 1.25 bits per heavy atom. The number of benzene rings is 2. The molecule has 1 aromatic heterocycles. The predicted molar refractivity (Wildman–Crippen MR) is 122 cm³/mol. The van der Waals surface area contributed by atoms with Crippen molar-refractivity contribution in [3.8, 4) is 0 Å². The summed E-state index contributed by atoms with van der Waals surface area (Å²) in [6.07, 6.45) is 3.10. The van der Waals surface area contributed by atoms with Crippen LogP contribution in [-0.2, 0) is 9.59 Å². The van der Waals surface area contributed by atoms with Crippen molar-refractivity contribution in [1.82, 2.24) is 10.2 Å². The highest BCUT2D eigenvalue weighted by Crippen LogP contribution is 2.35. The first-order valence-corrected chi connectivity index (χ1v) is 10.7. The van der Waals surface area contributed by atoms with Crippen molar-refractivity contribution in [2.45, 2.75) is 19.3 Å². The highest BCUT2D eigenvalue weighted by Gasteiger charge is 2.34. The summed E-state index contributed by atoms with van der Waals surface area (Å²) in [7, 11) is 0. The lowest BCUT2D eigenvalue weighted by molar-refractivity contribution is -0.384. The molecule has 4 rings (SSSR count). The van der Waals surface area contributed by atoms with Gasteiger partial charge in [-0.1, -0.05) is 41.7 Å². The zero-order chi connectivity index (χ0) is 22.7. The third-order valence-corrected chi connectivity index (χ3v) is 6.06. The molecule has 32 heavy (non-hydrogen) atoms. The van der Waals surface area contributed by atoms with Gasteiger partial charge >= 0.3 is 0 Å². The summed E-state index contributed by atoms with van der Waals surface area (Å²) >= 11 is 1.23. The van der Waals surface area contributed by atoms with Crippen LogP contribution < -0.4 is 10.2 Å². The first-order valence-electron chi connectivity index (χ1n) is 9.83. The van der Waals surface area contributed by atoms with E-state index in [1.54, 1.807) is 17.0 Å². The van der Waals surface area contributed by atoms with Crippen molar-refractivity contribution in [1.29, 1.82) is 0 Å². The Morgan fingerprint density at radius 2 is 2.06 bits per heavy atom. The van der Waals surface area contributed by atoms with Gasteiger partial charge in [0.1, 0.15) is 5.01 Å². The van der Waals surface area contributed by atoms with Crippen LogP contribution in [0, 0.1) is 17.0 Å². The third kappa shape index (κ3) is 4.70. The average molecular weight is 449 g/mol. The van der Waals surface area contributed by atoms with Crippen LogP contribution in [0.3, 0.4) is 0 Å². The first-order chi connectivity index (χ1) is 15.4. The van der Waals surface area contributed by atoms with Gasteiger partial charge in [-0.2, -0.15) is 0 Å². The van der Waals surface area contributed by atoms with Crippen LogP contribution in [-0.4, -0.2) is 33.5 Å². The van der Waals surface area contributed by atoms with Crippen LogP contribution >= 0.6 is 11.3 Å². The van der Waals surface area contributed by atoms with E-state index in [1.165, 1.54) is 35.6 Å². The maximum Gasteiger partial charge on any atom is 0.270 e. The molecule has 2 heterocycles. The molecule has 0 saturated carbocycles. The van der Waals surface area contributed by atoms with Crippen LogP contribution in [0.2, 0.25) is 0 Å². The number of carbonyl (C=O) groups is 2. The molecule has 1 aliphatic heterocycles. The monoisotopic (exact) mass is 449 g/mol. The number of nitrogens with one attached hydrogen (secondary N) is 1. The van der Waals surface area contributed by atoms with E-state index in [-0.39, 0.29) is 17.5 Å². The van der Waals surface area contributed by atoms with Crippen LogP contribution in [0.15, 0.2) is 54.6 Å². The van der Waals surface area contributed by atoms with E-state index in [9.17, 15) is 19.7 Å². The lowest BCUT2D eigenvalue weighted by atomic mass is 10.1. The average Bonchev–Trinajstić information content (AvgIpc) is 3.39. The fraction of sp³-hybridized carbons (Fsp3) is 0.182. The smallest absolute Gasteiger partial charge is 0.270 e. The number of nitrogens with zero attached hydrogens (tertiary/aromatic N) is 4. The van der Waals surface area contributed by atoms with Gasteiger partial charge in [0.2, 0.25) is 16.9 Å². The summed E-state index contributed by atoms with van der Waals surface area (Å²) in [6.45, 7) is 2.48. The van der Waals surface area contributed by atoms with Crippen molar-refractivity contribution in [2.24, 2.45) is 0 Å². The summed E-state index contributed by atoms with van der Waals surface area (Å²) in [5.41, 5.74) is 2.41. The molecule has 1 atom stereocenters. The van der Waals surface area contributed by atoms with E-state index in [1.807, 2.05) is 31.2 Å². The van der Waals surface area contributed by atoms with E-state index in [4.69, 9.17) is 0 Å². The Balaban J connectivity index is 1.39. The quantitative estimate of drug-likeness (QED) is 0.346. The summed E-state index contributed by atoms with van der Waals surface area (Å²) < 4.78 is 0. The SMILES string of the molecule is Cc1ccccc1N1C[C@@H](c2nnc(NC(=O)/C=C/c3cccc([N+](=O)[O-])c3)s2)CC1=O. The van der Waals surface area contributed by atoms with E-state index in [0.717, 1.165) is 11.3 Å². The molecule has 0 spiro atoms. The van der Waals surface area contributed by atoms with Gasteiger partial charge in [-0.25, -0.2) is 0 Å². The molecule has 162 valence electrons. The topological polar surface area (TPSA) is 118 Å². The van der Waals surface area contributed by atoms with Gasteiger partial charge in [-0.15, -0.1) is 10.2 Å². The van der Waals surface area contributed by atoms with Gasteiger partial charge in [0, 0.05) is 42.8 Å². The number of aryl methyl sites for hydroxylation is 1. The van der Waals surface area contributed by atoms with Crippen molar-refractivity contribution in [3.63, 3.8) is 0 Å². The summed E-state index contributed by atoms with van der Waals surface area (Å²) in [4.78, 5) is 36.9. The van der Waals surface area contributed by atoms with Crippen molar-refractivity contribution >= 4 is 45.7 Å². The highest BCUT2D eigenvalue weighted by molar-refractivity contribution is 7.15. The number of hydrogen-bond acceptors (Lipinski definition) is 7. The van der Waals surface area contributed by atoms with Crippen LogP contribution in [0.25, 0.3) is 6.08 Å². The number of nitro benzene ring substituents is 1. The number of amides is 2. The molecule has 1 N–H and O–H groups in total. The number of aromatic nitrogens is 2. The molecule has 0 unspecified atom stereocenters. The van der Waals surface area contributed by atoms with Gasteiger partial charge < -0.3 is 4.90 Å². The summed E-state index contributed by atoms with van der Waals surface area (Å²) in [5.74, 6) is -0.487. The maximum atomic E-state index is 12.5. The van der Waals surface area contributed by atoms with Gasteiger partial charge in [0.25, 0.3) is 5.69 Å². The van der Waals surface area contributed by atoms with E-state index in [0.29, 0.717) is 28.7 Å². The first kappa shape index (κ1) is 21.3. The maximum absolute atomic E-state index is 12.5. The Hall–Kier alpha value is -3.92. The second-order valence-corrected chi connectivity index (χ2v) is 8.32. The molecule has 0 bridgehead atoms. The van der Waals surface area contributed by atoms with Crippen molar-refractivity contribution in [3.05, 3.63) is 80.9 Å². The number of nitro groups is 1. The molecule has 1 saturated heterocycles. The summed E-state index contributed by atoms with van der Waals surface area (Å²) in [6, 6.07) is 13.7. The molecule has 1 fully saturated rings. The fourth-order valence-electron chi connectivity index (χ4n) is 3.48. The fourth-order valence-corrected chi connectivity index (χ4v) is 4.32. The Morgan fingerprint density at radius 3 is 2.84 bits per heavy atom. The minimum atomic E-state index is -0.492. The van der Waals surface area contributed by atoms with Crippen molar-refractivity contribution < 1.29 is 14.5 Å². The Kier molecular flexibility index (Phi) is 6.04. The highest BCUT2D eigenvalue weighted by atomic mass is 32.1. The second kappa shape index (κ2) is 9.06. The molecule has 2 aromatic carbocycles. The zero-order valence-electron chi connectivity index (χ0n) is 17.1. The van der Waals surface area contributed by atoms with Gasteiger partial charge in [0.15, 0.2) is 0 Å². The molecule has 1 aliphatic rings. The third-order valence-electron chi connectivity index (χ3n) is 5.06. The number of carbonyl (C=O) groups excluding carboxylic acids is 2. The second-order valence-electron chi connectivity index (χ2n) is 7.31. The van der Waals surface area contributed by atoms with Crippen LogP contribution in [0.1, 0.15) is 28.5 Å². The molecule has 2 amide bonds. The molecule has 10 heteroatoms. The number of hydrogen-bond donors (Lipinski definition) is 1. The molecular weight excluding hydrogens is 430 g/mol. The normalized spacial score (nSPS) is 16.0. The molecule has 3 aromatic rings. The van der Waals surface area contributed by atoms with E-state index < -0.39 is 10.8 Å². The lowest BCUT2D eigenvalue weighted by Gasteiger charge is -2.18. The number of anilines is 2. The van der Waals surface area contributed by atoms with Crippen LogP contribution in [0.5, 0.6) is 0 Å². The molecular formula is C22H19N5O4S. The minimum absolute atomic E-state index is 0.0324. The standard InChI is InChI=1S/C22H19N5O4S/c1-14-5-2-3-8-18(14)26-13-16(12-20(26)29)21-24-25-22(32-21)23-19(28)10-9-15-6-4-7-17(11-15)27(30)31/h2-11,16H,12-13H2,1H3,(H,23,25,28)/b10-9+/t16-/m0/s1. The molecule has 0 radical (unpaired) electrons. The predicted octanol–water partition coefficient (Wildman–Crippen LogP) is 3.93. The Bertz CT molecular complexity index is 1220. The van der Waals surface area contributed by atoms with Gasteiger partial charge in [0.05, 0.1) is 4.92 Å². The Labute approximate surface area is 187 Å². The number of rotatable bonds is 6. The number of non-ortho nitro benzene ring substituents is 1. The largest absolute Gasteiger partial charge is 0.311 e. The molecule has 0 aliphatic carbocycles. The van der Waals surface area contributed by atoms with Gasteiger partial charge in [-0.05, 0) is 30.2 Å². The number of para-hydroxylation sites is 1. The van der Waals surface area contributed by atoms with Crippen LogP contribution in [0.4, 0.5) is 16.5 Å². The zero-order valence-corrected chi connectivity index (χ0v) is 17.9. The summed E-state index contributed by atoms with van der Waals surface area (Å²) in [5, 5.41) is 22.7. The van der Waals surface area contributed by atoms with E-state index in [2.05, 4.69) is 15.5 Å². The molecule has 9 nitrogen and oxygen atoms in total. The minimum Gasteiger partial charge on any atom is -0.311 e. The van der Waals surface area contributed by atoms with Gasteiger partial charge in [-0.3, -0.25) is 25.0 Å². The van der Waals surface area contributed by atoms with E-state index >= 15 is 0 Å². The van der Waals surface area contributed by atoms with Crippen molar-refractivity contribution in [2.75, 3.05) is 16.8 Å². The lowest BCUT2D eigenvalue weighted by Crippen LogP contribution is -2.25.